The Kier molecular flexibility index (Phi) is 4.79. The van der Waals surface area contributed by atoms with Gasteiger partial charge in [-0.05, 0) is 31.3 Å². The molecule has 0 amide bonds. The molecule has 140 valence electrons. The summed E-state index contributed by atoms with van der Waals surface area (Å²) in [7, 11) is 3.62. The molecular weight excluding hydrogens is 346 g/mol. The Labute approximate surface area is 156 Å². The summed E-state index contributed by atoms with van der Waals surface area (Å²) >= 11 is 0. The molecule has 7 heteroatoms. The molecule has 0 fully saturated rings. The second-order valence-corrected chi connectivity index (χ2v) is 6.56. The first-order chi connectivity index (χ1) is 13.2. The highest BCUT2D eigenvalue weighted by Crippen LogP contribution is 2.35. The molecule has 4 rings (SSSR count). The monoisotopic (exact) mass is 367 g/mol. The molecule has 1 aliphatic heterocycles. The van der Waals surface area contributed by atoms with Crippen LogP contribution >= 0.6 is 0 Å². The van der Waals surface area contributed by atoms with E-state index in [-0.39, 0.29) is 18.4 Å². The highest BCUT2D eigenvalue weighted by atomic mass is 16.7. The van der Waals surface area contributed by atoms with Gasteiger partial charge in [-0.2, -0.15) is 0 Å². The van der Waals surface area contributed by atoms with Gasteiger partial charge in [0, 0.05) is 36.9 Å². The van der Waals surface area contributed by atoms with E-state index < -0.39 is 0 Å². The molecule has 0 saturated heterocycles. The van der Waals surface area contributed by atoms with Crippen molar-refractivity contribution >= 4 is 10.9 Å². The average Bonchev–Trinajstić information content (AvgIpc) is 3.13. The molecule has 2 aromatic heterocycles. The first-order valence-electron chi connectivity index (χ1n) is 8.71. The fourth-order valence-electron chi connectivity index (χ4n) is 3.31. The Bertz CT molecular complexity index is 1000. The van der Waals surface area contributed by atoms with Crippen LogP contribution in [0, 0.1) is 0 Å². The normalized spacial score (nSPS) is 14.0. The molecule has 1 atom stereocenters. The number of fused-ring (bicyclic) bond motifs is 2. The van der Waals surface area contributed by atoms with Crippen LogP contribution in [0.1, 0.15) is 17.3 Å². The summed E-state index contributed by atoms with van der Waals surface area (Å²) in [5.41, 5.74) is 2.18. The minimum Gasteiger partial charge on any atom is -0.454 e. The molecular formula is C20H21N3O4. The summed E-state index contributed by atoms with van der Waals surface area (Å²) in [5, 5.41) is 0.906. The van der Waals surface area contributed by atoms with Crippen molar-refractivity contribution < 1.29 is 14.2 Å². The largest absolute Gasteiger partial charge is 0.454 e. The van der Waals surface area contributed by atoms with Crippen molar-refractivity contribution in [2.75, 3.05) is 27.6 Å². The van der Waals surface area contributed by atoms with Gasteiger partial charge in [0.15, 0.2) is 11.5 Å². The van der Waals surface area contributed by atoms with Crippen molar-refractivity contribution in [3.05, 3.63) is 64.2 Å². The van der Waals surface area contributed by atoms with E-state index in [0.29, 0.717) is 30.2 Å². The van der Waals surface area contributed by atoms with E-state index in [0.717, 1.165) is 16.6 Å². The minimum atomic E-state index is -0.120. The zero-order chi connectivity index (χ0) is 18.8. The third-order valence-corrected chi connectivity index (χ3v) is 4.72. The minimum absolute atomic E-state index is 0.0527. The van der Waals surface area contributed by atoms with E-state index in [2.05, 4.69) is 14.9 Å². The SMILES string of the molecule is COCC(c1ccccn1)N(C)Cc1cc2cc3c(cc2[nH]c1=O)OCO3. The van der Waals surface area contributed by atoms with Crippen molar-refractivity contribution in [2.45, 2.75) is 12.6 Å². The number of likely N-dealkylation sites (N-methyl/N-ethyl adjacent to an activating group) is 1. The molecule has 7 nitrogen and oxygen atoms in total. The van der Waals surface area contributed by atoms with Gasteiger partial charge in [0.25, 0.3) is 5.56 Å². The summed E-state index contributed by atoms with van der Waals surface area (Å²) in [5.74, 6) is 1.35. The third-order valence-electron chi connectivity index (χ3n) is 4.72. The van der Waals surface area contributed by atoms with E-state index in [4.69, 9.17) is 14.2 Å². The van der Waals surface area contributed by atoms with Crippen molar-refractivity contribution in [1.29, 1.82) is 0 Å². The number of hydrogen-bond donors (Lipinski definition) is 1. The highest BCUT2D eigenvalue weighted by Gasteiger charge is 2.20. The maximum atomic E-state index is 12.6. The predicted octanol–water partition coefficient (Wildman–Crippen LogP) is 2.47. The fourth-order valence-corrected chi connectivity index (χ4v) is 3.31. The lowest BCUT2D eigenvalue weighted by atomic mass is 10.1. The number of rotatable bonds is 6. The van der Waals surface area contributed by atoms with Crippen LogP contribution in [0.15, 0.2) is 47.4 Å². The van der Waals surface area contributed by atoms with E-state index in [9.17, 15) is 4.79 Å². The Morgan fingerprint density at radius 2 is 2.07 bits per heavy atom. The summed E-state index contributed by atoms with van der Waals surface area (Å²) in [6.45, 7) is 1.15. The molecule has 0 aliphatic carbocycles. The first kappa shape index (κ1) is 17.5. The number of hydrogen-bond acceptors (Lipinski definition) is 6. The zero-order valence-corrected chi connectivity index (χ0v) is 15.3. The third kappa shape index (κ3) is 3.51. The summed E-state index contributed by atoms with van der Waals surface area (Å²) in [4.78, 5) is 22.0. The molecule has 0 bridgehead atoms. The van der Waals surface area contributed by atoms with Crippen molar-refractivity contribution in [1.82, 2.24) is 14.9 Å². The van der Waals surface area contributed by atoms with Crippen LogP contribution in [0.5, 0.6) is 11.5 Å². The molecule has 27 heavy (non-hydrogen) atoms. The second kappa shape index (κ2) is 7.38. The lowest BCUT2D eigenvalue weighted by Crippen LogP contribution is -2.30. The highest BCUT2D eigenvalue weighted by molar-refractivity contribution is 5.83. The number of aromatic nitrogens is 2. The molecule has 1 N–H and O–H groups in total. The van der Waals surface area contributed by atoms with Gasteiger partial charge in [-0.25, -0.2) is 0 Å². The molecule has 0 saturated carbocycles. The zero-order valence-electron chi connectivity index (χ0n) is 15.3. The molecule has 1 aliphatic rings. The molecule has 3 heterocycles. The van der Waals surface area contributed by atoms with E-state index in [1.807, 2.05) is 37.4 Å². The standard InChI is InChI=1S/C20H21N3O4/c1-23(17(11-25-2)15-5-3-4-6-21-15)10-14-7-13-8-18-19(27-12-26-18)9-16(13)22-20(14)24/h3-9,17H,10-12H2,1-2H3,(H,22,24). The number of aromatic amines is 1. The number of nitrogens with one attached hydrogen (secondary N) is 1. The average molecular weight is 367 g/mol. The second-order valence-electron chi connectivity index (χ2n) is 6.56. The Balaban J connectivity index is 1.64. The molecule has 3 aromatic rings. The Morgan fingerprint density at radius 1 is 1.26 bits per heavy atom. The van der Waals surface area contributed by atoms with E-state index in [1.54, 1.807) is 19.4 Å². The van der Waals surface area contributed by atoms with Gasteiger partial charge in [0.1, 0.15) is 0 Å². The quantitative estimate of drug-likeness (QED) is 0.721. The topological polar surface area (TPSA) is 76.7 Å². The van der Waals surface area contributed by atoms with Gasteiger partial charge < -0.3 is 19.2 Å². The van der Waals surface area contributed by atoms with Crippen LogP contribution in [0.25, 0.3) is 10.9 Å². The van der Waals surface area contributed by atoms with Crippen LogP contribution in [0.2, 0.25) is 0 Å². The smallest absolute Gasteiger partial charge is 0.252 e. The van der Waals surface area contributed by atoms with Gasteiger partial charge in [-0.3, -0.25) is 14.7 Å². The number of nitrogens with zero attached hydrogens (tertiary/aromatic N) is 2. The van der Waals surface area contributed by atoms with Crippen molar-refractivity contribution in [3.63, 3.8) is 0 Å². The van der Waals surface area contributed by atoms with E-state index >= 15 is 0 Å². The fraction of sp³-hybridized carbons (Fsp3) is 0.300. The van der Waals surface area contributed by atoms with Crippen LogP contribution in [0.3, 0.4) is 0 Å². The van der Waals surface area contributed by atoms with Gasteiger partial charge in [0.05, 0.1) is 23.9 Å². The molecule has 0 spiro atoms. The Morgan fingerprint density at radius 3 is 2.81 bits per heavy atom. The first-order valence-corrected chi connectivity index (χ1v) is 8.71. The summed E-state index contributed by atoms with van der Waals surface area (Å²) in [6, 6.07) is 11.3. The van der Waals surface area contributed by atoms with E-state index in [1.165, 1.54) is 0 Å². The lowest BCUT2D eigenvalue weighted by molar-refractivity contribution is 0.0998. The number of H-pyrrole nitrogens is 1. The molecule has 1 aromatic carbocycles. The number of pyridine rings is 2. The van der Waals surface area contributed by atoms with Crippen LogP contribution in [-0.4, -0.2) is 42.4 Å². The molecule has 0 radical (unpaired) electrons. The maximum absolute atomic E-state index is 12.6. The van der Waals surface area contributed by atoms with Gasteiger partial charge in [-0.15, -0.1) is 0 Å². The van der Waals surface area contributed by atoms with Crippen LogP contribution < -0.4 is 15.0 Å². The predicted molar refractivity (Wildman–Crippen MR) is 101 cm³/mol. The van der Waals surface area contributed by atoms with Gasteiger partial charge >= 0.3 is 0 Å². The number of benzene rings is 1. The van der Waals surface area contributed by atoms with Crippen molar-refractivity contribution in [3.8, 4) is 11.5 Å². The molecule has 1 unspecified atom stereocenters. The van der Waals surface area contributed by atoms with Crippen LogP contribution in [0.4, 0.5) is 0 Å². The summed E-state index contributed by atoms with van der Waals surface area (Å²) in [6.07, 6.45) is 1.76. The van der Waals surface area contributed by atoms with Crippen molar-refractivity contribution in [2.24, 2.45) is 0 Å². The lowest BCUT2D eigenvalue weighted by Gasteiger charge is -2.27. The maximum Gasteiger partial charge on any atom is 0.252 e. The number of ether oxygens (including phenoxy) is 3. The number of methoxy groups -OCH3 is 1. The van der Waals surface area contributed by atoms with Gasteiger partial charge in [-0.1, -0.05) is 6.07 Å². The Hall–Kier alpha value is -2.90. The van der Waals surface area contributed by atoms with Crippen LogP contribution in [-0.2, 0) is 11.3 Å². The summed E-state index contributed by atoms with van der Waals surface area (Å²) < 4.78 is 16.2. The van der Waals surface area contributed by atoms with Gasteiger partial charge in [0.2, 0.25) is 6.79 Å².